The van der Waals surface area contributed by atoms with Crippen molar-refractivity contribution in [3.63, 3.8) is 0 Å². The Balaban J connectivity index is 2.61. The van der Waals surface area contributed by atoms with Gasteiger partial charge in [-0.15, -0.1) is 0 Å². The quantitative estimate of drug-likeness (QED) is 0.615. The largest absolute Gasteiger partial charge is 0.310 e. The van der Waals surface area contributed by atoms with Gasteiger partial charge in [-0.3, -0.25) is 9.97 Å². The van der Waals surface area contributed by atoms with Crippen molar-refractivity contribution >= 4 is 0 Å². The third kappa shape index (κ3) is 1.77. The van der Waals surface area contributed by atoms with E-state index in [9.17, 15) is 0 Å². The molecule has 0 aliphatic carbocycles. The maximum atomic E-state index is 4.00. The molecule has 0 amide bonds. The van der Waals surface area contributed by atoms with Crippen LogP contribution < -0.4 is 5.32 Å². The van der Waals surface area contributed by atoms with Crippen molar-refractivity contribution < 1.29 is 0 Å². The molecule has 47 valence electrons. The van der Waals surface area contributed by atoms with Gasteiger partial charge >= 0.3 is 0 Å². The lowest BCUT2D eigenvalue weighted by atomic mass is 10.4. The highest BCUT2D eigenvalue weighted by Gasteiger charge is 1.86. The van der Waals surface area contributed by atoms with Crippen LogP contribution in [0.4, 0.5) is 0 Å². The molecule has 0 saturated carbocycles. The smallest absolute Gasteiger partial charge is 0.0724 e. The van der Waals surface area contributed by atoms with E-state index in [4.69, 9.17) is 0 Å². The van der Waals surface area contributed by atoms with E-state index >= 15 is 0 Å². The van der Waals surface area contributed by atoms with Gasteiger partial charge in [0.2, 0.25) is 0 Å². The fourth-order valence-corrected chi connectivity index (χ4v) is 0.549. The first-order valence-corrected chi connectivity index (χ1v) is 2.68. The second-order valence-corrected chi connectivity index (χ2v) is 1.62. The van der Waals surface area contributed by atoms with Crippen LogP contribution in [0, 0.1) is 7.05 Å². The van der Waals surface area contributed by atoms with Crippen LogP contribution in [0.3, 0.4) is 0 Å². The topological polar surface area (TPSA) is 37.8 Å². The lowest BCUT2D eigenvalue weighted by Crippen LogP contribution is -2.03. The van der Waals surface area contributed by atoms with E-state index in [0.29, 0.717) is 6.54 Å². The summed E-state index contributed by atoms with van der Waals surface area (Å²) in [4.78, 5) is 7.88. The second kappa shape index (κ2) is 3.14. The van der Waals surface area contributed by atoms with E-state index in [2.05, 4.69) is 22.3 Å². The maximum Gasteiger partial charge on any atom is 0.0724 e. The minimum absolute atomic E-state index is 0.674. The molecule has 0 aliphatic rings. The van der Waals surface area contributed by atoms with Crippen molar-refractivity contribution in [2.75, 3.05) is 0 Å². The van der Waals surface area contributed by atoms with Crippen LogP contribution in [-0.4, -0.2) is 9.97 Å². The summed E-state index contributed by atoms with van der Waals surface area (Å²) in [5.74, 6) is 0. The molecule has 0 atom stereocenters. The molecular weight excluding hydrogens is 114 g/mol. The molecule has 1 N–H and O–H groups in total. The van der Waals surface area contributed by atoms with Crippen molar-refractivity contribution in [1.29, 1.82) is 0 Å². The summed E-state index contributed by atoms with van der Waals surface area (Å²) in [5.41, 5.74) is 0.910. The van der Waals surface area contributed by atoms with Gasteiger partial charge in [0, 0.05) is 32.2 Å². The van der Waals surface area contributed by atoms with Gasteiger partial charge in [-0.2, -0.15) is 0 Å². The molecule has 1 radical (unpaired) electrons. The minimum Gasteiger partial charge on any atom is -0.310 e. The lowest BCUT2D eigenvalue weighted by molar-refractivity contribution is 0.823. The van der Waals surface area contributed by atoms with Crippen LogP contribution in [0.1, 0.15) is 5.69 Å². The van der Waals surface area contributed by atoms with E-state index in [-0.39, 0.29) is 0 Å². The first-order chi connectivity index (χ1) is 4.43. The number of hydrogen-bond acceptors (Lipinski definition) is 3. The zero-order valence-corrected chi connectivity index (χ0v) is 5.04. The molecule has 0 fully saturated rings. The summed E-state index contributed by atoms with van der Waals surface area (Å²) in [5, 5.41) is 2.73. The Morgan fingerprint density at radius 2 is 2.44 bits per heavy atom. The van der Waals surface area contributed by atoms with Crippen LogP contribution in [-0.2, 0) is 6.54 Å². The van der Waals surface area contributed by atoms with Gasteiger partial charge in [-0.1, -0.05) is 0 Å². The van der Waals surface area contributed by atoms with Crippen molar-refractivity contribution in [2.24, 2.45) is 0 Å². The standard InChI is InChI=1S/C6H8N3/c1-7-4-6-5-8-2-3-9-6/h2-3,5,7H,1,4H2. The zero-order chi connectivity index (χ0) is 6.53. The summed E-state index contributed by atoms with van der Waals surface area (Å²) in [7, 11) is 3.46. The first-order valence-electron chi connectivity index (χ1n) is 2.68. The fourth-order valence-electron chi connectivity index (χ4n) is 0.549. The van der Waals surface area contributed by atoms with Gasteiger partial charge in [-0.05, 0) is 0 Å². The molecule has 0 saturated heterocycles. The van der Waals surface area contributed by atoms with Gasteiger partial charge in [-0.25, -0.2) is 0 Å². The SMILES string of the molecule is [CH2]NCc1cnccn1. The van der Waals surface area contributed by atoms with Crippen LogP contribution in [0.5, 0.6) is 0 Å². The lowest BCUT2D eigenvalue weighted by Gasteiger charge is -1.93. The zero-order valence-electron chi connectivity index (χ0n) is 5.04. The third-order valence-electron chi connectivity index (χ3n) is 0.923. The molecule has 1 aromatic heterocycles. The molecule has 3 nitrogen and oxygen atoms in total. The van der Waals surface area contributed by atoms with Gasteiger partial charge in [0.1, 0.15) is 0 Å². The Morgan fingerprint density at radius 3 is 3.00 bits per heavy atom. The molecule has 9 heavy (non-hydrogen) atoms. The van der Waals surface area contributed by atoms with E-state index in [1.165, 1.54) is 0 Å². The highest BCUT2D eigenvalue weighted by Crippen LogP contribution is 1.86. The second-order valence-electron chi connectivity index (χ2n) is 1.62. The third-order valence-corrected chi connectivity index (χ3v) is 0.923. The normalized spacial score (nSPS) is 9.44. The molecule has 1 heterocycles. The number of rotatable bonds is 2. The molecule has 1 aromatic rings. The van der Waals surface area contributed by atoms with Gasteiger partial charge in [0.25, 0.3) is 0 Å². The average molecular weight is 122 g/mol. The number of aromatic nitrogens is 2. The summed E-state index contributed by atoms with van der Waals surface area (Å²) in [6.07, 6.45) is 5.01. The molecule has 0 bridgehead atoms. The predicted octanol–water partition coefficient (Wildman–Crippen LogP) is 0.358. The molecule has 3 heteroatoms. The van der Waals surface area contributed by atoms with Gasteiger partial charge in [0.05, 0.1) is 5.69 Å². The molecule has 0 aromatic carbocycles. The van der Waals surface area contributed by atoms with Gasteiger partial charge in [0.15, 0.2) is 0 Å². The molecular formula is C6H8N3. The Hall–Kier alpha value is -0.960. The van der Waals surface area contributed by atoms with Crippen LogP contribution in [0.2, 0.25) is 0 Å². The molecule has 1 rings (SSSR count). The maximum absolute atomic E-state index is 4.00. The summed E-state index contributed by atoms with van der Waals surface area (Å²) in [6, 6.07) is 0. The number of nitrogens with zero attached hydrogens (tertiary/aromatic N) is 2. The monoisotopic (exact) mass is 122 g/mol. The van der Waals surface area contributed by atoms with Crippen molar-refractivity contribution in [3.8, 4) is 0 Å². The Kier molecular flexibility index (Phi) is 2.15. The average Bonchev–Trinajstić information content (AvgIpc) is 1.91. The van der Waals surface area contributed by atoms with Crippen LogP contribution in [0.15, 0.2) is 18.6 Å². The molecule has 0 unspecified atom stereocenters. The van der Waals surface area contributed by atoms with Crippen molar-refractivity contribution in [3.05, 3.63) is 31.3 Å². The van der Waals surface area contributed by atoms with Gasteiger partial charge < -0.3 is 5.32 Å². The fraction of sp³-hybridized carbons (Fsp3) is 0.167. The molecule has 0 aliphatic heterocycles. The highest BCUT2D eigenvalue weighted by atomic mass is 14.9. The van der Waals surface area contributed by atoms with E-state index < -0.39 is 0 Å². The summed E-state index contributed by atoms with van der Waals surface area (Å²) >= 11 is 0. The summed E-state index contributed by atoms with van der Waals surface area (Å²) in [6.45, 7) is 0.674. The first kappa shape index (κ1) is 6.16. The predicted molar refractivity (Wildman–Crippen MR) is 34.2 cm³/mol. The van der Waals surface area contributed by atoms with Crippen LogP contribution in [0.25, 0.3) is 0 Å². The minimum atomic E-state index is 0.674. The van der Waals surface area contributed by atoms with Crippen LogP contribution >= 0.6 is 0 Å². The van der Waals surface area contributed by atoms with E-state index in [1.807, 2.05) is 0 Å². The van der Waals surface area contributed by atoms with Crippen molar-refractivity contribution in [1.82, 2.24) is 15.3 Å². The Labute approximate surface area is 54.2 Å². The number of hydrogen-bond donors (Lipinski definition) is 1. The summed E-state index contributed by atoms with van der Waals surface area (Å²) < 4.78 is 0. The Morgan fingerprint density at radius 1 is 1.56 bits per heavy atom. The molecule has 0 spiro atoms. The van der Waals surface area contributed by atoms with Crippen molar-refractivity contribution in [2.45, 2.75) is 6.54 Å². The highest BCUT2D eigenvalue weighted by molar-refractivity contribution is 4.93. The van der Waals surface area contributed by atoms with E-state index in [1.54, 1.807) is 18.6 Å². The van der Waals surface area contributed by atoms with E-state index in [0.717, 1.165) is 5.69 Å². The Bertz CT molecular complexity index is 161. The number of nitrogens with one attached hydrogen (secondary N) is 1.